The van der Waals surface area contributed by atoms with Crippen molar-refractivity contribution in [1.29, 1.82) is 0 Å². The minimum atomic E-state index is -0.775. The third-order valence-corrected chi connectivity index (χ3v) is 3.10. The zero-order chi connectivity index (χ0) is 15.7. The monoisotopic (exact) mass is 299 g/mol. The predicted molar refractivity (Wildman–Crippen MR) is 80.3 cm³/mol. The van der Waals surface area contributed by atoms with Gasteiger partial charge in [0.25, 0.3) is 0 Å². The van der Waals surface area contributed by atoms with Gasteiger partial charge in [-0.05, 0) is 31.6 Å². The highest BCUT2D eigenvalue weighted by Crippen LogP contribution is 2.17. The summed E-state index contributed by atoms with van der Waals surface area (Å²) in [7, 11) is 0. The minimum absolute atomic E-state index is 0.0253. The van der Waals surface area contributed by atoms with Gasteiger partial charge in [0, 0.05) is 13.1 Å². The van der Waals surface area contributed by atoms with Crippen LogP contribution in [0.25, 0.3) is 0 Å². The molecule has 0 saturated carbocycles. The van der Waals surface area contributed by atoms with Gasteiger partial charge in [0.05, 0.1) is 6.54 Å². The van der Waals surface area contributed by atoms with Crippen LogP contribution in [0, 0.1) is 11.6 Å². The lowest BCUT2D eigenvalue weighted by Crippen LogP contribution is -2.36. The molecule has 1 aromatic carbocycles. The Morgan fingerprint density at radius 2 is 1.86 bits per heavy atom. The zero-order valence-corrected chi connectivity index (χ0v) is 12.6. The predicted octanol–water partition coefficient (Wildman–Crippen LogP) is 2.22. The number of carbonyl (C=O) groups excluding carboxylic acids is 1. The van der Waals surface area contributed by atoms with Crippen molar-refractivity contribution in [2.24, 2.45) is 0 Å². The normalized spacial score (nSPS) is 10.9. The second-order valence-corrected chi connectivity index (χ2v) is 4.76. The van der Waals surface area contributed by atoms with Gasteiger partial charge in [-0.2, -0.15) is 0 Å². The van der Waals surface area contributed by atoms with Crippen LogP contribution in [-0.2, 0) is 4.79 Å². The highest BCUT2D eigenvalue weighted by molar-refractivity contribution is 5.92. The lowest BCUT2D eigenvalue weighted by atomic mass is 10.3. The second kappa shape index (κ2) is 9.41. The Bertz CT molecular complexity index is 434. The molecule has 0 atom stereocenters. The third-order valence-electron chi connectivity index (χ3n) is 3.10. The molecule has 4 nitrogen and oxygen atoms in total. The first-order chi connectivity index (χ1) is 10.1. The van der Waals surface area contributed by atoms with Crippen LogP contribution in [0.4, 0.5) is 14.5 Å². The van der Waals surface area contributed by atoms with E-state index in [0.717, 1.165) is 38.2 Å². The summed E-state index contributed by atoms with van der Waals surface area (Å²) in [6.07, 6.45) is 1.08. The van der Waals surface area contributed by atoms with Crippen LogP contribution in [-0.4, -0.2) is 43.5 Å². The minimum Gasteiger partial charge on any atom is -0.320 e. The van der Waals surface area contributed by atoms with Crippen molar-refractivity contribution >= 4 is 11.6 Å². The summed E-state index contributed by atoms with van der Waals surface area (Å²) in [6, 6.07) is 3.47. The zero-order valence-electron chi connectivity index (χ0n) is 12.6. The van der Waals surface area contributed by atoms with E-state index in [-0.39, 0.29) is 6.54 Å². The fourth-order valence-corrected chi connectivity index (χ4v) is 1.98. The van der Waals surface area contributed by atoms with Crippen molar-refractivity contribution in [3.8, 4) is 0 Å². The van der Waals surface area contributed by atoms with E-state index in [9.17, 15) is 13.6 Å². The number of carbonyl (C=O) groups is 1. The first-order valence-corrected chi connectivity index (χ1v) is 7.25. The van der Waals surface area contributed by atoms with Gasteiger partial charge in [-0.1, -0.05) is 19.9 Å². The smallest absolute Gasteiger partial charge is 0.238 e. The van der Waals surface area contributed by atoms with E-state index in [1.165, 1.54) is 6.07 Å². The second-order valence-electron chi connectivity index (χ2n) is 4.76. The van der Waals surface area contributed by atoms with Gasteiger partial charge >= 0.3 is 0 Å². The molecule has 0 bridgehead atoms. The number of rotatable bonds is 9. The number of anilines is 1. The quantitative estimate of drug-likeness (QED) is 0.687. The first-order valence-electron chi connectivity index (χ1n) is 7.25. The first kappa shape index (κ1) is 17.5. The van der Waals surface area contributed by atoms with Crippen molar-refractivity contribution in [1.82, 2.24) is 10.2 Å². The summed E-state index contributed by atoms with van der Waals surface area (Å²) >= 11 is 0. The molecule has 0 saturated heterocycles. The van der Waals surface area contributed by atoms with E-state index >= 15 is 0 Å². The molecule has 0 aliphatic rings. The lowest BCUT2D eigenvalue weighted by Gasteiger charge is -2.19. The number of nitrogens with one attached hydrogen (secondary N) is 2. The molecule has 21 heavy (non-hydrogen) atoms. The molecule has 2 N–H and O–H groups in total. The van der Waals surface area contributed by atoms with Gasteiger partial charge in [-0.25, -0.2) is 8.78 Å². The highest BCUT2D eigenvalue weighted by atomic mass is 19.1. The fraction of sp³-hybridized carbons (Fsp3) is 0.533. The van der Waals surface area contributed by atoms with Gasteiger partial charge in [0.2, 0.25) is 5.91 Å². The van der Waals surface area contributed by atoms with E-state index in [1.54, 1.807) is 0 Å². The van der Waals surface area contributed by atoms with Crippen LogP contribution in [0.2, 0.25) is 0 Å². The van der Waals surface area contributed by atoms with E-state index in [4.69, 9.17) is 0 Å². The maximum atomic E-state index is 13.4. The molecule has 1 amide bonds. The molecule has 0 radical (unpaired) electrons. The lowest BCUT2D eigenvalue weighted by molar-refractivity contribution is -0.115. The van der Waals surface area contributed by atoms with Crippen LogP contribution in [0.15, 0.2) is 18.2 Å². The summed E-state index contributed by atoms with van der Waals surface area (Å²) in [5.74, 6) is -2.01. The van der Waals surface area contributed by atoms with Crippen molar-refractivity contribution in [3.05, 3.63) is 29.8 Å². The molecule has 0 aliphatic heterocycles. The van der Waals surface area contributed by atoms with Crippen LogP contribution < -0.4 is 10.6 Å². The Morgan fingerprint density at radius 1 is 1.19 bits per heavy atom. The topological polar surface area (TPSA) is 44.4 Å². The molecule has 0 aromatic heterocycles. The molecule has 1 aromatic rings. The molecular formula is C15H23F2N3O. The van der Waals surface area contributed by atoms with Crippen molar-refractivity contribution in [3.63, 3.8) is 0 Å². The summed E-state index contributed by atoms with van der Waals surface area (Å²) in [5, 5.41) is 5.21. The fourth-order valence-electron chi connectivity index (χ4n) is 1.98. The molecule has 0 aliphatic carbocycles. The van der Waals surface area contributed by atoms with E-state index in [2.05, 4.69) is 29.4 Å². The molecule has 0 fully saturated rings. The van der Waals surface area contributed by atoms with Crippen LogP contribution in [0.1, 0.15) is 20.3 Å². The van der Waals surface area contributed by atoms with Gasteiger partial charge < -0.3 is 15.5 Å². The van der Waals surface area contributed by atoms with Crippen molar-refractivity contribution in [2.45, 2.75) is 20.3 Å². The Balaban J connectivity index is 2.32. The number of likely N-dealkylation sites (N-methyl/N-ethyl adjacent to an activating group) is 1. The van der Waals surface area contributed by atoms with Gasteiger partial charge in [0.1, 0.15) is 17.3 Å². The molecule has 0 heterocycles. The Hall–Kier alpha value is -1.53. The summed E-state index contributed by atoms with van der Waals surface area (Å²) in [4.78, 5) is 13.9. The van der Waals surface area contributed by atoms with Gasteiger partial charge in [-0.15, -0.1) is 0 Å². The van der Waals surface area contributed by atoms with Crippen LogP contribution in [0.5, 0.6) is 0 Å². The number of halogens is 2. The van der Waals surface area contributed by atoms with E-state index in [0.29, 0.717) is 6.54 Å². The number of hydrogen-bond acceptors (Lipinski definition) is 3. The number of hydrogen-bond donors (Lipinski definition) is 2. The number of amides is 1. The Labute approximate surface area is 124 Å². The summed E-state index contributed by atoms with van der Waals surface area (Å²) in [6.45, 7) is 7.70. The van der Waals surface area contributed by atoms with Crippen molar-refractivity contribution < 1.29 is 13.6 Å². The Morgan fingerprint density at radius 3 is 2.43 bits per heavy atom. The molecule has 0 spiro atoms. The summed E-state index contributed by atoms with van der Waals surface area (Å²) in [5.41, 5.74) is -0.398. The molecule has 0 unspecified atom stereocenters. The average molecular weight is 299 g/mol. The molecular weight excluding hydrogens is 276 g/mol. The number of para-hydroxylation sites is 1. The van der Waals surface area contributed by atoms with Crippen LogP contribution in [0.3, 0.4) is 0 Å². The average Bonchev–Trinajstić information content (AvgIpc) is 2.46. The molecule has 118 valence electrons. The standard InChI is InChI=1S/C15H23F2N3O/c1-3-9-20(4-2)10-8-18-11-14(21)19-15-12(16)6-5-7-13(15)17/h5-7,18H,3-4,8-11H2,1-2H3,(H,19,21). The third kappa shape index (κ3) is 6.18. The van der Waals surface area contributed by atoms with Gasteiger partial charge in [-0.3, -0.25) is 4.79 Å². The maximum absolute atomic E-state index is 13.4. The van der Waals surface area contributed by atoms with E-state index < -0.39 is 23.2 Å². The van der Waals surface area contributed by atoms with Crippen molar-refractivity contribution in [2.75, 3.05) is 38.0 Å². The number of benzene rings is 1. The largest absolute Gasteiger partial charge is 0.320 e. The summed E-state index contributed by atoms with van der Waals surface area (Å²) < 4.78 is 26.7. The Kier molecular flexibility index (Phi) is 7.85. The molecule has 6 heteroatoms. The SMILES string of the molecule is CCCN(CC)CCNCC(=O)Nc1c(F)cccc1F. The number of nitrogens with zero attached hydrogens (tertiary/aromatic N) is 1. The molecule has 1 rings (SSSR count). The highest BCUT2D eigenvalue weighted by Gasteiger charge is 2.11. The maximum Gasteiger partial charge on any atom is 0.238 e. The van der Waals surface area contributed by atoms with E-state index in [1.807, 2.05) is 0 Å². The van der Waals surface area contributed by atoms with Gasteiger partial charge in [0.15, 0.2) is 0 Å². The van der Waals surface area contributed by atoms with Crippen LogP contribution >= 0.6 is 0 Å².